The van der Waals surface area contributed by atoms with E-state index < -0.39 is 5.54 Å². The zero-order valence-electron chi connectivity index (χ0n) is 12.4. The Hall–Kier alpha value is -1.06. The molecule has 0 bridgehead atoms. The molecule has 2 aliphatic rings. The molecule has 0 radical (unpaired) electrons. The summed E-state index contributed by atoms with van der Waals surface area (Å²) in [5.74, 6) is 0.608. The smallest absolute Gasteiger partial charge is 0.248 e. The quantitative estimate of drug-likeness (QED) is 0.800. The van der Waals surface area contributed by atoms with Crippen LogP contribution in [0.1, 0.15) is 59.3 Å². The molecule has 2 fully saturated rings. The van der Waals surface area contributed by atoms with Crippen molar-refractivity contribution >= 4 is 11.8 Å². The van der Waals surface area contributed by atoms with E-state index in [0.29, 0.717) is 18.8 Å². The second-order valence-electron chi connectivity index (χ2n) is 5.91. The van der Waals surface area contributed by atoms with Gasteiger partial charge in [-0.25, -0.2) is 0 Å². The van der Waals surface area contributed by atoms with Gasteiger partial charge in [0.2, 0.25) is 11.8 Å². The van der Waals surface area contributed by atoms with Gasteiger partial charge in [0, 0.05) is 6.54 Å². The Bertz CT molecular complexity index is 359. The molecule has 0 aromatic heterocycles. The van der Waals surface area contributed by atoms with E-state index in [4.69, 9.17) is 0 Å². The molecule has 1 aliphatic heterocycles. The first kappa shape index (κ1) is 14.4. The van der Waals surface area contributed by atoms with Gasteiger partial charge in [-0.05, 0) is 38.0 Å². The summed E-state index contributed by atoms with van der Waals surface area (Å²) >= 11 is 0. The van der Waals surface area contributed by atoms with Crippen LogP contribution in [0.2, 0.25) is 0 Å². The van der Waals surface area contributed by atoms with E-state index in [1.807, 2.05) is 18.7 Å². The predicted molar refractivity (Wildman–Crippen MR) is 74.6 cm³/mol. The summed E-state index contributed by atoms with van der Waals surface area (Å²) < 4.78 is 0. The average Bonchev–Trinajstić information content (AvgIpc) is 3.23. The minimum absolute atomic E-state index is 0.0712. The number of carbonyl (C=O) groups excluding carboxylic acids is 2. The van der Waals surface area contributed by atoms with Gasteiger partial charge in [-0.3, -0.25) is 9.59 Å². The monoisotopic (exact) mass is 266 g/mol. The summed E-state index contributed by atoms with van der Waals surface area (Å²) in [4.78, 5) is 27.1. The lowest BCUT2D eigenvalue weighted by Crippen LogP contribution is -2.70. The number of nitrogens with zero attached hydrogens (tertiary/aromatic N) is 1. The van der Waals surface area contributed by atoms with E-state index in [9.17, 15) is 9.59 Å². The van der Waals surface area contributed by atoms with Crippen LogP contribution < -0.4 is 5.32 Å². The van der Waals surface area contributed by atoms with Crippen LogP contribution in [-0.2, 0) is 9.59 Å². The van der Waals surface area contributed by atoms with Crippen LogP contribution in [0, 0.1) is 5.92 Å². The molecule has 0 aromatic carbocycles. The third kappa shape index (κ3) is 2.49. The fourth-order valence-corrected chi connectivity index (χ4v) is 3.08. The van der Waals surface area contributed by atoms with Crippen LogP contribution in [-0.4, -0.2) is 34.8 Å². The number of unbranched alkanes of at least 4 members (excludes halogenated alkanes) is 1. The lowest BCUT2D eigenvalue weighted by Gasteiger charge is -2.45. The van der Waals surface area contributed by atoms with Crippen molar-refractivity contribution in [3.05, 3.63) is 0 Å². The third-order valence-electron chi connectivity index (χ3n) is 4.67. The van der Waals surface area contributed by atoms with Crippen molar-refractivity contribution < 1.29 is 9.59 Å². The van der Waals surface area contributed by atoms with E-state index in [-0.39, 0.29) is 17.9 Å². The number of hydrogen-bond acceptors (Lipinski definition) is 2. The lowest BCUT2D eigenvalue weighted by molar-refractivity contribution is -0.156. The molecule has 1 saturated carbocycles. The molecule has 4 nitrogen and oxygen atoms in total. The molecule has 1 N–H and O–H groups in total. The Morgan fingerprint density at radius 1 is 1.21 bits per heavy atom. The molecular weight excluding hydrogens is 240 g/mol. The molecule has 1 atom stereocenters. The number of piperazine rings is 1. The fraction of sp³-hybridized carbons (Fsp3) is 0.867. The van der Waals surface area contributed by atoms with Crippen molar-refractivity contribution in [3.8, 4) is 0 Å². The van der Waals surface area contributed by atoms with Crippen LogP contribution in [0.3, 0.4) is 0 Å². The van der Waals surface area contributed by atoms with Crippen molar-refractivity contribution in [2.45, 2.75) is 70.9 Å². The van der Waals surface area contributed by atoms with Crippen molar-refractivity contribution in [2.75, 3.05) is 6.54 Å². The lowest BCUT2D eigenvalue weighted by atomic mass is 9.86. The number of carbonyl (C=O) groups is 2. The predicted octanol–water partition coefficient (Wildman–Crippen LogP) is 2.08. The van der Waals surface area contributed by atoms with E-state index >= 15 is 0 Å². The second-order valence-corrected chi connectivity index (χ2v) is 5.91. The number of amides is 2. The summed E-state index contributed by atoms with van der Waals surface area (Å²) in [6.45, 7) is 6.81. The molecule has 1 aliphatic carbocycles. The van der Waals surface area contributed by atoms with Crippen molar-refractivity contribution in [1.82, 2.24) is 10.2 Å². The minimum Gasteiger partial charge on any atom is -0.340 e. The Morgan fingerprint density at radius 2 is 1.84 bits per heavy atom. The molecular formula is C15H26N2O2. The van der Waals surface area contributed by atoms with Gasteiger partial charge in [-0.15, -0.1) is 0 Å². The zero-order valence-corrected chi connectivity index (χ0v) is 12.4. The van der Waals surface area contributed by atoms with Gasteiger partial charge in [0.1, 0.15) is 11.6 Å². The Balaban J connectivity index is 2.24. The SMILES string of the molecule is CCCCN1C(=O)C(CC)(CC)NC(=O)C1C1CC1. The molecule has 2 amide bonds. The molecule has 1 unspecified atom stereocenters. The first-order chi connectivity index (χ1) is 9.09. The molecule has 2 rings (SSSR count). The van der Waals surface area contributed by atoms with Gasteiger partial charge in [-0.1, -0.05) is 27.2 Å². The van der Waals surface area contributed by atoms with Crippen LogP contribution in [0.5, 0.6) is 0 Å². The highest BCUT2D eigenvalue weighted by atomic mass is 16.2. The van der Waals surface area contributed by atoms with Crippen molar-refractivity contribution in [2.24, 2.45) is 5.92 Å². The van der Waals surface area contributed by atoms with Gasteiger partial charge in [-0.2, -0.15) is 0 Å². The van der Waals surface area contributed by atoms with Crippen molar-refractivity contribution in [1.29, 1.82) is 0 Å². The average molecular weight is 266 g/mol. The van der Waals surface area contributed by atoms with Crippen LogP contribution in [0.25, 0.3) is 0 Å². The minimum atomic E-state index is -0.657. The van der Waals surface area contributed by atoms with E-state index in [0.717, 1.165) is 32.2 Å². The molecule has 0 aromatic rings. The highest BCUT2D eigenvalue weighted by Crippen LogP contribution is 2.39. The first-order valence-electron chi connectivity index (χ1n) is 7.72. The van der Waals surface area contributed by atoms with Gasteiger partial charge in [0.15, 0.2) is 0 Å². The maximum absolute atomic E-state index is 12.8. The van der Waals surface area contributed by atoms with Gasteiger partial charge < -0.3 is 10.2 Å². The summed E-state index contributed by atoms with van der Waals surface area (Å²) in [5.41, 5.74) is -0.657. The van der Waals surface area contributed by atoms with Gasteiger partial charge >= 0.3 is 0 Å². The summed E-state index contributed by atoms with van der Waals surface area (Å²) in [6.07, 6.45) is 5.54. The summed E-state index contributed by atoms with van der Waals surface area (Å²) in [6, 6.07) is -0.203. The fourth-order valence-electron chi connectivity index (χ4n) is 3.08. The van der Waals surface area contributed by atoms with E-state index in [1.165, 1.54) is 0 Å². The highest BCUT2D eigenvalue weighted by Gasteiger charge is 2.52. The Kier molecular flexibility index (Phi) is 4.16. The molecule has 19 heavy (non-hydrogen) atoms. The third-order valence-corrected chi connectivity index (χ3v) is 4.67. The van der Waals surface area contributed by atoms with Gasteiger partial charge in [0.05, 0.1) is 0 Å². The Morgan fingerprint density at radius 3 is 2.32 bits per heavy atom. The number of hydrogen-bond donors (Lipinski definition) is 1. The molecule has 108 valence electrons. The zero-order chi connectivity index (χ0) is 14.0. The summed E-state index contributed by atoms with van der Waals surface area (Å²) in [7, 11) is 0. The topological polar surface area (TPSA) is 49.4 Å². The van der Waals surface area contributed by atoms with Crippen molar-refractivity contribution in [3.63, 3.8) is 0 Å². The maximum atomic E-state index is 12.8. The molecule has 1 heterocycles. The first-order valence-corrected chi connectivity index (χ1v) is 7.72. The van der Waals surface area contributed by atoms with E-state index in [2.05, 4.69) is 12.2 Å². The normalized spacial score (nSPS) is 26.5. The maximum Gasteiger partial charge on any atom is 0.248 e. The largest absolute Gasteiger partial charge is 0.340 e. The number of rotatable bonds is 6. The highest BCUT2D eigenvalue weighted by molar-refractivity contribution is 6.00. The van der Waals surface area contributed by atoms with Crippen LogP contribution >= 0.6 is 0 Å². The summed E-state index contributed by atoms with van der Waals surface area (Å²) in [5, 5.41) is 3.03. The van der Waals surface area contributed by atoms with Crippen LogP contribution in [0.4, 0.5) is 0 Å². The Labute approximate surface area is 115 Å². The molecule has 4 heteroatoms. The van der Waals surface area contributed by atoms with Crippen LogP contribution in [0.15, 0.2) is 0 Å². The molecule has 0 spiro atoms. The molecule has 1 saturated heterocycles. The van der Waals surface area contributed by atoms with E-state index in [1.54, 1.807) is 0 Å². The van der Waals surface area contributed by atoms with Gasteiger partial charge in [0.25, 0.3) is 0 Å². The second kappa shape index (κ2) is 5.51. The standard InChI is InChI=1S/C15H26N2O2/c1-4-7-10-17-12(11-8-9-11)13(18)16-15(5-2,6-3)14(17)19/h11-12H,4-10H2,1-3H3,(H,16,18). The number of nitrogens with one attached hydrogen (secondary N) is 1.